The number of hydrogen-bond donors (Lipinski definition) is 3. The Hall–Kier alpha value is -4.04. The summed E-state index contributed by atoms with van der Waals surface area (Å²) in [5, 5.41) is 6.84. The monoisotopic (exact) mass is 501 g/mol. The van der Waals surface area contributed by atoms with E-state index in [1.807, 2.05) is 4.72 Å². The van der Waals surface area contributed by atoms with Gasteiger partial charge < -0.3 is 5.32 Å². The van der Waals surface area contributed by atoms with Crippen molar-refractivity contribution in [3.63, 3.8) is 0 Å². The van der Waals surface area contributed by atoms with Gasteiger partial charge in [-0.15, -0.1) is 0 Å². The molecule has 176 valence electrons. The van der Waals surface area contributed by atoms with Gasteiger partial charge >= 0.3 is 0 Å². The number of amides is 1. The van der Waals surface area contributed by atoms with Gasteiger partial charge in [0.05, 0.1) is 22.1 Å². The van der Waals surface area contributed by atoms with Gasteiger partial charge in [-0.1, -0.05) is 12.1 Å². The number of aromatic nitrogens is 4. The third-order valence-electron chi connectivity index (χ3n) is 4.50. The summed E-state index contributed by atoms with van der Waals surface area (Å²) in [5.41, 5.74) is 1.39. The van der Waals surface area contributed by atoms with Crippen LogP contribution in [0.25, 0.3) is 11.0 Å². The van der Waals surface area contributed by atoms with Gasteiger partial charge in [-0.25, -0.2) is 31.5 Å². The molecule has 3 N–H and O–H groups in total. The molecule has 2 aromatic heterocycles. The van der Waals surface area contributed by atoms with E-state index >= 15 is 0 Å². The van der Waals surface area contributed by atoms with Crippen LogP contribution >= 0.6 is 0 Å². The number of benzene rings is 2. The molecule has 0 saturated heterocycles. The Labute approximate surface area is 195 Å². The lowest BCUT2D eigenvalue weighted by atomic mass is 10.3. The molecular weight excluding hydrogens is 482 g/mol. The van der Waals surface area contributed by atoms with E-state index in [0.717, 1.165) is 6.92 Å². The second kappa shape index (κ2) is 8.72. The Kier molecular flexibility index (Phi) is 5.93. The number of hydrogen-bond acceptors (Lipinski definition) is 9. The summed E-state index contributed by atoms with van der Waals surface area (Å²) >= 11 is 0. The molecule has 34 heavy (non-hydrogen) atoms. The number of para-hydroxylation sites is 2. The minimum atomic E-state index is -4.01. The smallest absolute Gasteiger partial charge is 0.266 e. The van der Waals surface area contributed by atoms with Gasteiger partial charge in [-0.05, 0) is 36.4 Å². The zero-order valence-electron chi connectivity index (χ0n) is 17.9. The quantitative estimate of drug-likeness (QED) is 0.342. The number of nitrogens with zero attached hydrogens (tertiary/aromatic N) is 4. The first kappa shape index (κ1) is 23.1. The molecule has 0 aliphatic heterocycles. The molecule has 0 fully saturated rings. The van der Waals surface area contributed by atoms with Crippen LogP contribution in [-0.4, -0.2) is 42.5 Å². The van der Waals surface area contributed by atoms with Gasteiger partial charge in [0.2, 0.25) is 5.91 Å². The van der Waals surface area contributed by atoms with E-state index in [9.17, 15) is 21.6 Å². The van der Waals surface area contributed by atoms with Crippen LogP contribution in [0.1, 0.15) is 6.92 Å². The van der Waals surface area contributed by atoms with Crippen LogP contribution in [0, 0.1) is 0 Å². The zero-order chi connectivity index (χ0) is 24.5. The summed E-state index contributed by atoms with van der Waals surface area (Å²) in [6.07, 6.45) is 2.55. The van der Waals surface area contributed by atoms with E-state index in [1.165, 1.54) is 41.3 Å². The fourth-order valence-corrected chi connectivity index (χ4v) is 4.97. The fraction of sp³-hybridized carbons (Fsp3) is 0.100. The summed E-state index contributed by atoms with van der Waals surface area (Å²) in [4.78, 5) is 19.8. The van der Waals surface area contributed by atoms with E-state index < -0.39 is 26.0 Å². The molecule has 2 aromatic carbocycles. The van der Waals surface area contributed by atoms with Crippen LogP contribution in [-0.2, 0) is 31.9 Å². The van der Waals surface area contributed by atoms with Crippen LogP contribution in [0.5, 0.6) is 0 Å². The number of sulfonamides is 2. The summed E-state index contributed by atoms with van der Waals surface area (Å²) in [7, 11) is -6.41. The Balaban J connectivity index is 1.70. The van der Waals surface area contributed by atoms with Crippen LogP contribution in [0.15, 0.2) is 70.7 Å². The number of anilines is 3. The molecule has 14 heteroatoms. The topological polar surface area (TPSA) is 165 Å². The van der Waals surface area contributed by atoms with Gasteiger partial charge in [0.15, 0.2) is 11.6 Å². The third kappa shape index (κ3) is 4.97. The fourth-order valence-electron chi connectivity index (χ4n) is 2.98. The Morgan fingerprint density at radius 3 is 2.03 bits per heavy atom. The standard InChI is InChI=1S/C20H19N7O5S2/c1-13(28)25-33(29,30)15-9-7-14(8-10-15)22-19-20(24-18-6-4-3-5-17(18)23-19)26-34(31,32)16-11-21-27(2)12-16/h3-12H,1-2H3,(H,22,23)(H,24,26)(H,25,28). The first-order chi connectivity index (χ1) is 16.0. The summed E-state index contributed by atoms with van der Waals surface area (Å²) < 4.78 is 55.6. The highest BCUT2D eigenvalue weighted by molar-refractivity contribution is 7.92. The van der Waals surface area contributed by atoms with Crippen molar-refractivity contribution in [2.45, 2.75) is 16.7 Å². The molecule has 0 bridgehead atoms. The number of carbonyl (C=O) groups is 1. The van der Waals surface area contributed by atoms with Crippen LogP contribution < -0.4 is 14.8 Å². The maximum Gasteiger partial charge on any atom is 0.266 e. The third-order valence-corrected chi connectivity index (χ3v) is 7.24. The average molecular weight is 502 g/mol. The molecule has 0 aliphatic carbocycles. The van der Waals surface area contributed by atoms with E-state index in [1.54, 1.807) is 31.3 Å². The molecule has 0 unspecified atom stereocenters. The predicted octanol–water partition coefficient (Wildman–Crippen LogP) is 1.73. The highest BCUT2D eigenvalue weighted by atomic mass is 32.2. The maximum absolute atomic E-state index is 12.8. The molecule has 2 heterocycles. The molecular formula is C20H19N7O5S2. The Morgan fingerprint density at radius 1 is 0.853 bits per heavy atom. The molecule has 4 rings (SSSR count). The van der Waals surface area contributed by atoms with Crippen molar-refractivity contribution in [2.24, 2.45) is 7.05 Å². The van der Waals surface area contributed by atoms with Gasteiger partial charge in [0.25, 0.3) is 20.0 Å². The highest BCUT2D eigenvalue weighted by Crippen LogP contribution is 2.27. The van der Waals surface area contributed by atoms with E-state index in [2.05, 4.69) is 25.1 Å². The van der Waals surface area contributed by atoms with E-state index in [4.69, 9.17) is 0 Å². The molecule has 0 spiro atoms. The number of nitrogens with one attached hydrogen (secondary N) is 3. The van der Waals surface area contributed by atoms with E-state index in [-0.39, 0.29) is 21.4 Å². The van der Waals surface area contributed by atoms with Crippen LogP contribution in [0.3, 0.4) is 0 Å². The van der Waals surface area contributed by atoms with Crippen molar-refractivity contribution in [2.75, 3.05) is 10.0 Å². The lowest BCUT2D eigenvalue weighted by Crippen LogP contribution is -2.28. The Bertz CT molecular complexity index is 1600. The average Bonchev–Trinajstić information content (AvgIpc) is 3.21. The zero-order valence-corrected chi connectivity index (χ0v) is 19.6. The molecule has 1 amide bonds. The molecule has 0 saturated carbocycles. The first-order valence-electron chi connectivity index (χ1n) is 9.72. The normalized spacial score (nSPS) is 11.8. The van der Waals surface area contributed by atoms with Gasteiger partial charge in [-0.3, -0.25) is 14.2 Å². The largest absolute Gasteiger partial charge is 0.337 e. The molecule has 0 atom stereocenters. The number of rotatable bonds is 7. The number of aryl methyl sites for hydroxylation is 1. The SMILES string of the molecule is CC(=O)NS(=O)(=O)c1ccc(Nc2nc3ccccc3nc2NS(=O)(=O)c2cnn(C)c2)cc1. The van der Waals surface area contributed by atoms with Crippen molar-refractivity contribution in [3.8, 4) is 0 Å². The first-order valence-corrected chi connectivity index (χ1v) is 12.7. The minimum Gasteiger partial charge on any atom is -0.337 e. The maximum atomic E-state index is 12.8. The van der Waals surface area contributed by atoms with Crippen molar-refractivity contribution in [3.05, 3.63) is 60.9 Å². The summed E-state index contributed by atoms with van der Waals surface area (Å²) in [6, 6.07) is 12.4. The van der Waals surface area contributed by atoms with Crippen molar-refractivity contribution in [1.82, 2.24) is 24.5 Å². The second-order valence-corrected chi connectivity index (χ2v) is 10.5. The van der Waals surface area contributed by atoms with Gasteiger partial charge in [-0.2, -0.15) is 5.10 Å². The van der Waals surface area contributed by atoms with Crippen molar-refractivity contribution >= 4 is 54.3 Å². The lowest BCUT2D eigenvalue weighted by Gasteiger charge is -2.13. The number of carbonyl (C=O) groups excluding carboxylic acids is 1. The highest BCUT2D eigenvalue weighted by Gasteiger charge is 2.21. The lowest BCUT2D eigenvalue weighted by molar-refractivity contribution is -0.117. The molecule has 12 nitrogen and oxygen atoms in total. The predicted molar refractivity (Wildman–Crippen MR) is 124 cm³/mol. The van der Waals surface area contributed by atoms with Crippen molar-refractivity contribution in [1.29, 1.82) is 0 Å². The molecule has 0 radical (unpaired) electrons. The summed E-state index contributed by atoms with van der Waals surface area (Å²) in [5.74, 6) is -0.666. The van der Waals surface area contributed by atoms with E-state index in [0.29, 0.717) is 16.7 Å². The molecule has 4 aromatic rings. The van der Waals surface area contributed by atoms with Crippen LogP contribution in [0.2, 0.25) is 0 Å². The number of fused-ring (bicyclic) bond motifs is 1. The second-order valence-electron chi connectivity index (χ2n) is 7.18. The van der Waals surface area contributed by atoms with Crippen molar-refractivity contribution < 1.29 is 21.6 Å². The molecule has 0 aliphatic rings. The summed E-state index contributed by atoms with van der Waals surface area (Å²) in [6.45, 7) is 1.10. The Morgan fingerprint density at radius 2 is 1.47 bits per heavy atom. The van der Waals surface area contributed by atoms with Gasteiger partial charge in [0, 0.05) is 25.9 Å². The van der Waals surface area contributed by atoms with Crippen LogP contribution in [0.4, 0.5) is 17.3 Å². The minimum absolute atomic E-state index is 0.0524. The van der Waals surface area contributed by atoms with Gasteiger partial charge in [0.1, 0.15) is 4.90 Å².